The summed E-state index contributed by atoms with van der Waals surface area (Å²) in [5, 5.41) is 11.6. The number of hydrogen-bond donors (Lipinski definition) is 3. The third kappa shape index (κ3) is 6.46. The fourth-order valence-corrected chi connectivity index (χ4v) is 2.90. The Hall–Kier alpha value is -4.06. The van der Waals surface area contributed by atoms with Crippen LogP contribution >= 0.6 is 12.2 Å². The van der Waals surface area contributed by atoms with Gasteiger partial charge >= 0.3 is 6.09 Å². The first kappa shape index (κ1) is 23.6. The van der Waals surface area contributed by atoms with E-state index in [0.29, 0.717) is 29.5 Å². The second-order valence-corrected chi connectivity index (χ2v) is 7.07. The lowest BCUT2D eigenvalue weighted by atomic mass is 10.2. The minimum atomic E-state index is -0.673. The average molecular weight is 473 g/mol. The molecule has 0 aliphatic rings. The van der Waals surface area contributed by atoms with Crippen molar-refractivity contribution in [2.45, 2.75) is 13.8 Å². The van der Waals surface area contributed by atoms with E-state index in [4.69, 9.17) is 21.7 Å². The Labute approximate surface area is 194 Å². The second kappa shape index (κ2) is 10.5. The fourth-order valence-electron chi connectivity index (χ4n) is 2.72. The molecule has 3 rings (SSSR count). The summed E-state index contributed by atoms with van der Waals surface area (Å²) in [7, 11) is 1.63. The van der Waals surface area contributed by atoms with Crippen LogP contribution in [0.2, 0.25) is 0 Å². The number of alkyl carbamates (subject to hydrolysis) is 1. The zero-order valence-corrected chi connectivity index (χ0v) is 18.8. The molecule has 0 atom stereocenters. The standard InChI is InChI=1S/C21H21FN6O4S/c1-4-23-20(30)32-21(33)26-18-8-6-14(11-24-18)31-13-5-7-15(22)16(10-13)25-19(29)17-9-12(2)27-28(17)3/h5-11H,4H2,1-3H3,(H,23,30)(H,25,29)(H,24,26,33). The number of carbonyl (C=O) groups excluding carboxylic acids is 2. The minimum absolute atomic E-state index is 0.0459. The van der Waals surface area contributed by atoms with Crippen LogP contribution in [0.3, 0.4) is 0 Å². The van der Waals surface area contributed by atoms with Crippen LogP contribution in [0, 0.1) is 12.7 Å². The van der Waals surface area contributed by atoms with Gasteiger partial charge in [0.2, 0.25) is 0 Å². The molecular formula is C21H21FN6O4S. The molecule has 0 radical (unpaired) electrons. The molecule has 0 fully saturated rings. The molecule has 2 amide bonds. The highest BCUT2D eigenvalue weighted by molar-refractivity contribution is 7.80. The molecule has 0 spiro atoms. The van der Waals surface area contributed by atoms with E-state index in [0.717, 1.165) is 0 Å². The van der Waals surface area contributed by atoms with E-state index in [1.54, 1.807) is 39.1 Å². The molecule has 0 saturated carbocycles. The van der Waals surface area contributed by atoms with Crippen molar-refractivity contribution in [1.82, 2.24) is 20.1 Å². The van der Waals surface area contributed by atoms with E-state index < -0.39 is 17.8 Å². The molecule has 0 saturated heterocycles. The summed E-state index contributed by atoms with van der Waals surface area (Å²) in [6.07, 6.45) is 0.726. The summed E-state index contributed by atoms with van der Waals surface area (Å²) in [4.78, 5) is 27.9. The van der Waals surface area contributed by atoms with Gasteiger partial charge in [0, 0.05) is 19.7 Å². The van der Waals surface area contributed by atoms with Crippen LogP contribution in [0.5, 0.6) is 11.5 Å². The number of pyridine rings is 1. The first-order valence-electron chi connectivity index (χ1n) is 9.77. The van der Waals surface area contributed by atoms with E-state index in [1.807, 2.05) is 0 Å². The molecule has 2 aromatic heterocycles. The number of ether oxygens (including phenoxy) is 2. The number of nitrogens with zero attached hydrogens (tertiary/aromatic N) is 3. The van der Waals surface area contributed by atoms with Crippen molar-refractivity contribution in [1.29, 1.82) is 0 Å². The SMILES string of the molecule is CCNC(=O)OC(=S)Nc1ccc(Oc2ccc(F)c(NC(=O)c3cc(C)nn3C)c2)cn1. The predicted octanol–water partition coefficient (Wildman–Crippen LogP) is 3.75. The van der Waals surface area contributed by atoms with E-state index >= 15 is 0 Å². The molecule has 10 nitrogen and oxygen atoms in total. The third-order valence-electron chi connectivity index (χ3n) is 4.13. The summed E-state index contributed by atoms with van der Waals surface area (Å²) < 4.78 is 26.2. The number of hydrogen-bond acceptors (Lipinski definition) is 7. The van der Waals surface area contributed by atoms with Crippen molar-refractivity contribution >= 4 is 40.9 Å². The lowest BCUT2D eigenvalue weighted by molar-refractivity contribution is 0.101. The molecule has 12 heteroatoms. The largest absolute Gasteiger partial charge is 0.456 e. The van der Waals surface area contributed by atoms with Crippen molar-refractivity contribution in [3.63, 3.8) is 0 Å². The second-order valence-electron chi connectivity index (χ2n) is 6.70. The normalized spacial score (nSPS) is 10.3. The summed E-state index contributed by atoms with van der Waals surface area (Å²) >= 11 is 4.93. The van der Waals surface area contributed by atoms with Gasteiger partial charge in [-0.1, -0.05) is 0 Å². The van der Waals surface area contributed by atoms with Crippen LogP contribution in [0.25, 0.3) is 0 Å². The molecule has 1 aromatic carbocycles. The first-order chi connectivity index (χ1) is 15.7. The average Bonchev–Trinajstić information content (AvgIpc) is 3.10. The number of anilines is 2. The van der Waals surface area contributed by atoms with E-state index in [1.165, 1.54) is 29.1 Å². The van der Waals surface area contributed by atoms with Crippen LogP contribution in [-0.4, -0.2) is 38.5 Å². The van der Waals surface area contributed by atoms with Crippen molar-refractivity contribution in [3.05, 3.63) is 59.8 Å². The van der Waals surface area contributed by atoms with Gasteiger partial charge in [-0.2, -0.15) is 5.10 Å². The highest BCUT2D eigenvalue weighted by Gasteiger charge is 2.15. The van der Waals surface area contributed by atoms with Gasteiger partial charge in [-0.15, -0.1) is 0 Å². The van der Waals surface area contributed by atoms with Gasteiger partial charge in [-0.3, -0.25) is 9.48 Å². The van der Waals surface area contributed by atoms with Gasteiger partial charge in [-0.05, 0) is 56.4 Å². The monoisotopic (exact) mass is 472 g/mol. The number of carbonyl (C=O) groups is 2. The molecule has 0 aliphatic carbocycles. The Morgan fingerprint density at radius 1 is 1.15 bits per heavy atom. The third-order valence-corrected chi connectivity index (χ3v) is 4.31. The number of thiocarbonyl (C=S) groups is 1. The maximum atomic E-state index is 14.2. The van der Waals surface area contributed by atoms with E-state index in [9.17, 15) is 14.0 Å². The number of aromatic nitrogens is 3. The Morgan fingerprint density at radius 3 is 2.55 bits per heavy atom. The molecule has 3 N–H and O–H groups in total. The van der Waals surface area contributed by atoms with Crippen molar-refractivity contribution in [2.24, 2.45) is 7.05 Å². The first-order valence-corrected chi connectivity index (χ1v) is 10.2. The highest BCUT2D eigenvalue weighted by Crippen LogP contribution is 2.27. The lowest BCUT2D eigenvalue weighted by Crippen LogP contribution is -2.28. The molecular weight excluding hydrogens is 451 g/mol. The minimum Gasteiger partial charge on any atom is -0.456 e. The van der Waals surface area contributed by atoms with Crippen LogP contribution < -0.4 is 20.7 Å². The quantitative estimate of drug-likeness (QED) is 0.464. The predicted molar refractivity (Wildman–Crippen MR) is 123 cm³/mol. The number of rotatable bonds is 6. The van der Waals surface area contributed by atoms with Crippen molar-refractivity contribution in [3.8, 4) is 11.5 Å². The van der Waals surface area contributed by atoms with Gasteiger partial charge in [0.25, 0.3) is 11.1 Å². The van der Waals surface area contributed by atoms with Gasteiger partial charge < -0.3 is 25.4 Å². The summed E-state index contributed by atoms with van der Waals surface area (Å²) in [6, 6.07) is 8.70. The topological polar surface area (TPSA) is 119 Å². The Morgan fingerprint density at radius 2 is 1.91 bits per heavy atom. The summed E-state index contributed by atoms with van der Waals surface area (Å²) in [5.74, 6) is -0.159. The zero-order valence-electron chi connectivity index (χ0n) is 18.0. The Kier molecular flexibility index (Phi) is 7.51. The van der Waals surface area contributed by atoms with Crippen LogP contribution in [-0.2, 0) is 11.8 Å². The van der Waals surface area contributed by atoms with Crippen LogP contribution in [0.4, 0.5) is 20.7 Å². The molecule has 172 valence electrons. The molecule has 0 aliphatic heterocycles. The Bertz CT molecular complexity index is 1180. The van der Waals surface area contributed by atoms with Gasteiger partial charge in [0.15, 0.2) is 0 Å². The van der Waals surface area contributed by atoms with Gasteiger partial charge in [0.1, 0.15) is 28.8 Å². The lowest BCUT2D eigenvalue weighted by Gasteiger charge is -2.11. The van der Waals surface area contributed by atoms with Crippen molar-refractivity contribution in [2.75, 3.05) is 17.2 Å². The number of halogens is 1. The highest BCUT2D eigenvalue weighted by atomic mass is 32.1. The van der Waals surface area contributed by atoms with Crippen LogP contribution in [0.15, 0.2) is 42.6 Å². The molecule has 3 aromatic rings. The zero-order chi connectivity index (χ0) is 24.0. The number of aryl methyl sites for hydroxylation is 2. The van der Waals surface area contributed by atoms with E-state index in [2.05, 4.69) is 26.0 Å². The van der Waals surface area contributed by atoms with Crippen molar-refractivity contribution < 1.29 is 23.5 Å². The Balaban J connectivity index is 1.64. The molecule has 33 heavy (non-hydrogen) atoms. The van der Waals surface area contributed by atoms with Gasteiger partial charge in [0.05, 0.1) is 17.6 Å². The maximum absolute atomic E-state index is 14.2. The number of amides is 2. The molecule has 0 bridgehead atoms. The maximum Gasteiger partial charge on any atom is 0.414 e. The van der Waals surface area contributed by atoms with E-state index in [-0.39, 0.29) is 16.6 Å². The van der Waals surface area contributed by atoms with Gasteiger partial charge in [-0.25, -0.2) is 14.2 Å². The smallest absolute Gasteiger partial charge is 0.414 e. The summed E-state index contributed by atoms with van der Waals surface area (Å²) in [6.45, 7) is 3.91. The summed E-state index contributed by atoms with van der Waals surface area (Å²) in [5.41, 5.74) is 0.914. The number of nitrogens with one attached hydrogen (secondary N) is 3. The fraction of sp³-hybridized carbons (Fsp3) is 0.190. The molecule has 2 heterocycles. The number of benzene rings is 1. The van der Waals surface area contributed by atoms with Crippen LogP contribution in [0.1, 0.15) is 23.1 Å². The molecule has 0 unspecified atom stereocenters.